The molecule has 0 fully saturated rings. The third kappa shape index (κ3) is 2.48. The van der Waals surface area contributed by atoms with Crippen LogP contribution in [-0.2, 0) is 16.0 Å². The Morgan fingerprint density at radius 3 is 2.69 bits per heavy atom. The number of carbonyl (C=O) groups is 1. The molecular weight excluding hydrogens is 207 g/mol. The maximum atomic E-state index is 12.7. The van der Waals surface area contributed by atoms with Crippen molar-refractivity contribution in [1.29, 1.82) is 0 Å². The summed E-state index contributed by atoms with van der Waals surface area (Å²) in [6, 6.07) is 6.26. The molecule has 16 heavy (non-hydrogen) atoms. The highest BCUT2D eigenvalue weighted by atomic mass is 19.1. The number of hydrogen-bond acceptors (Lipinski definition) is 2. The molecule has 1 aromatic carbocycles. The average molecular weight is 220 g/mol. The van der Waals surface area contributed by atoms with Crippen LogP contribution in [0.3, 0.4) is 0 Å². The number of benzene rings is 1. The number of hydrogen-bond donors (Lipinski definition) is 0. The molecule has 2 nitrogen and oxygen atoms in total. The Balaban J connectivity index is 2.12. The molecule has 1 aliphatic rings. The molecule has 1 atom stereocenters. The molecule has 0 aliphatic carbocycles. The third-order valence-corrected chi connectivity index (χ3v) is 2.65. The molecule has 1 aliphatic heterocycles. The molecular formula is C13H13FO2. The van der Waals surface area contributed by atoms with E-state index >= 15 is 0 Å². The topological polar surface area (TPSA) is 26.3 Å². The lowest BCUT2D eigenvalue weighted by molar-refractivity contribution is -0.121. The first-order valence-electron chi connectivity index (χ1n) is 5.19. The molecule has 0 radical (unpaired) electrons. The van der Waals surface area contributed by atoms with Crippen molar-refractivity contribution in [3.05, 3.63) is 48.0 Å². The van der Waals surface area contributed by atoms with Crippen molar-refractivity contribution in [3.8, 4) is 0 Å². The van der Waals surface area contributed by atoms with Crippen molar-refractivity contribution in [3.63, 3.8) is 0 Å². The van der Waals surface area contributed by atoms with Gasteiger partial charge in [0.25, 0.3) is 0 Å². The van der Waals surface area contributed by atoms with Crippen LogP contribution in [0.4, 0.5) is 4.39 Å². The van der Waals surface area contributed by atoms with Crippen LogP contribution in [0.1, 0.15) is 18.9 Å². The molecule has 1 aromatic rings. The quantitative estimate of drug-likeness (QED) is 0.765. The molecule has 0 amide bonds. The minimum absolute atomic E-state index is 0.0656. The van der Waals surface area contributed by atoms with Crippen LogP contribution in [0, 0.1) is 5.82 Å². The van der Waals surface area contributed by atoms with Gasteiger partial charge < -0.3 is 4.74 Å². The lowest BCUT2D eigenvalue weighted by Gasteiger charge is -2.30. The zero-order chi connectivity index (χ0) is 11.6. The predicted octanol–water partition coefficient (Wildman–Crippen LogP) is 2.63. The van der Waals surface area contributed by atoms with Gasteiger partial charge in [-0.2, -0.15) is 0 Å². The van der Waals surface area contributed by atoms with Gasteiger partial charge in [0.15, 0.2) is 5.78 Å². The van der Waals surface area contributed by atoms with Gasteiger partial charge in [0.05, 0.1) is 12.7 Å². The molecule has 3 heteroatoms. The van der Waals surface area contributed by atoms with Gasteiger partial charge >= 0.3 is 0 Å². The summed E-state index contributed by atoms with van der Waals surface area (Å²) in [4.78, 5) is 11.3. The molecule has 0 bridgehead atoms. The fourth-order valence-corrected chi connectivity index (χ4v) is 1.88. The average Bonchev–Trinajstić information content (AvgIpc) is 2.21. The van der Waals surface area contributed by atoms with Crippen LogP contribution in [-0.4, -0.2) is 11.4 Å². The highest BCUT2D eigenvalue weighted by Gasteiger charge is 2.30. The molecule has 0 spiro atoms. The van der Waals surface area contributed by atoms with E-state index in [0.29, 0.717) is 12.8 Å². The van der Waals surface area contributed by atoms with E-state index in [4.69, 9.17) is 4.74 Å². The van der Waals surface area contributed by atoms with Crippen molar-refractivity contribution in [1.82, 2.24) is 0 Å². The van der Waals surface area contributed by atoms with Crippen LogP contribution in [0.25, 0.3) is 0 Å². The fourth-order valence-electron chi connectivity index (χ4n) is 1.88. The van der Waals surface area contributed by atoms with Crippen LogP contribution in [0.5, 0.6) is 0 Å². The summed E-state index contributed by atoms with van der Waals surface area (Å²) in [5, 5.41) is 0. The van der Waals surface area contributed by atoms with Gasteiger partial charge in [-0.3, -0.25) is 4.79 Å². The van der Waals surface area contributed by atoms with Crippen molar-refractivity contribution >= 4 is 5.78 Å². The van der Waals surface area contributed by atoms with Crippen LogP contribution in [0.2, 0.25) is 0 Å². The van der Waals surface area contributed by atoms with Crippen molar-refractivity contribution in [2.24, 2.45) is 0 Å². The molecule has 0 aromatic heterocycles. The third-order valence-electron chi connectivity index (χ3n) is 2.65. The van der Waals surface area contributed by atoms with Crippen molar-refractivity contribution in [2.45, 2.75) is 25.4 Å². The maximum Gasteiger partial charge on any atom is 0.162 e. The van der Waals surface area contributed by atoms with E-state index in [-0.39, 0.29) is 11.6 Å². The predicted molar refractivity (Wildman–Crippen MR) is 58.4 cm³/mol. The minimum Gasteiger partial charge on any atom is -0.494 e. The van der Waals surface area contributed by atoms with Gasteiger partial charge in [-0.05, 0) is 24.6 Å². The van der Waals surface area contributed by atoms with Crippen molar-refractivity contribution < 1.29 is 13.9 Å². The number of ether oxygens (including phenoxy) is 1. The Labute approximate surface area is 93.7 Å². The molecule has 84 valence electrons. The first-order chi connectivity index (χ1) is 7.57. The zero-order valence-corrected chi connectivity index (χ0v) is 9.07. The second-order valence-corrected chi connectivity index (χ2v) is 4.32. The van der Waals surface area contributed by atoms with Gasteiger partial charge in [0.2, 0.25) is 0 Å². The molecule has 0 saturated heterocycles. The summed E-state index contributed by atoms with van der Waals surface area (Å²) in [7, 11) is 0. The monoisotopic (exact) mass is 220 g/mol. The van der Waals surface area contributed by atoms with E-state index in [9.17, 15) is 9.18 Å². The fraction of sp³-hybridized carbons (Fsp3) is 0.308. The lowest BCUT2D eigenvalue weighted by Crippen LogP contribution is -2.34. The Kier molecular flexibility index (Phi) is 2.77. The number of carbonyl (C=O) groups excluding carboxylic acids is 1. The SMILES string of the molecule is CC1(Cc2ccc(F)cc2)CC(=O)C=CO1. The van der Waals surface area contributed by atoms with E-state index in [0.717, 1.165) is 5.56 Å². The molecule has 0 N–H and O–H groups in total. The number of allylic oxidation sites excluding steroid dienone is 1. The normalized spacial score (nSPS) is 24.2. The standard InChI is InChI=1S/C13H13FO2/c1-13(9-12(15)6-7-16-13)8-10-2-4-11(14)5-3-10/h2-7H,8-9H2,1H3. The summed E-state index contributed by atoms with van der Waals surface area (Å²) in [5.74, 6) is -0.190. The summed E-state index contributed by atoms with van der Waals surface area (Å²) in [6.45, 7) is 1.89. The minimum atomic E-state index is -0.510. The highest BCUT2D eigenvalue weighted by molar-refractivity contribution is 5.90. The smallest absolute Gasteiger partial charge is 0.162 e. The van der Waals surface area contributed by atoms with Crippen LogP contribution < -0.4 is 0 Å². The Morgan fingerprint density at radius 1 is 1.38 bits per heavy atom. The van der Waals surface area contributed by atoms with Gasteiger partial charge in [-0.1, -0.05) is 12.1 Å². The highest BCUT2D eigenvalue weighted by Crippen LogP contribution is 2.25. The summed E-state index contributed by atoms with van der Waals surface area (Å²) in [6.07, 6.45) is 3.84. The van der Waals surface area contributed by atoms with E-state index in [1.54, 1.807) is 12.1 Å². The first kappa shape index (κ1) is 10.9. The van der Waals surface area contributed by atoms with Crippen LogP contribution in [0.15, 0.2) is 36.6 Å². The Morgan fingerprint density at radius 2 is 2.06 bits per heavy atom. The van der Waals surface area contributed by atoms with E-state index in [1.165, 1.54) is 24.5 Å². The Hall–Kier alpha value is -1.64. The van der Waals surface area contributed by atoms with Gasteiger partial charge in [-0.15, -0.1) is 0 Å². The second kappa shape index (κ2) is 4.08. The molecule has 2 rings (SSSR count). The first-order valence-corrected chi connectivity index (χ1v) is 5.19. The zero-order valence-electron chi connectivity index (χ0n) is 9.07. The Bertz CT molecular complexity index is 422. The molecule has 1 heterocycles. The van der Waals surface area contributed by atoms with Crippen LogP contribution >= 0.6 is 0 Å². The number of rotatable bonds is 2. The van der Waals surface area contributed by atoms with Gasteiger partial charge in [0.1, 0.15) is 11.4 Å². The molecule has 0 saturated carbocycles. The van der Waals surface area contributed by atoms with Gasteiger partial charge in [-0.25, -0.2) is 4.39 Å². The van der Waals surface area contributed by atoms with Crippen molar-refractivity contribution in [2.75, 3.05) is 0 Å². The summed E-state index contributed by atoms with van der Waals surface area (Å²) < 4.78 is 18.2. The van der Waals surface area contributed by atoms with Gasteiger partial charge in [0, 0.05) is 12.5 Å². The van der Waals surface area contributed by atoms with E-state index in [1.807, 2.05) is 6.92 Å². The largest absolute Gasteiger partial charge is 0.494 e. The molecule has 1 unspecified atom stereocenters. The number of ketones is 1. The second-order valence-electron chi connectivity index (χ2n) is 4.32. The number of halogens is 1. The van der Waals surface area contributed by atoms with E-state index in [2.05, 4.69) is 0 Å². The lowest BCUT2D eigenvalue weighted by atomic mass is 9.90. The maximum absolute atomic E-state index is 12.7. The summed E-state index contributed by atoms with van der Waals surface area (Å²) >= 11 is 0. The van der Waals surface area contributed by atoms with E-state index < -0.39 is 5.60 Å². The summed E-state index contributed by atoms with van der Waals surface area (Å²) in [5.41, 5.74) is 0.455.